The molecule has 0 aromatic heterocycles. The van der Waals surface area contributed by atoms with Crippen molar-refractivity contribution in [2.24, 2.45) is 0 Å². The number of amides is 1. The van der Waals surface area contributed by atoms with E-state index in [1.165, 1.54) is 4.90 Å². The lowest BCUT2D eigenvalue weighted by molar-refractivity contribution is -0.137. The zero-order chi connectivity index (χ0) is 14.2. The molecule has 0 fully saturated rings. The van der Waals surface area contributed by atoms with Crippen LogP contribution in [-0.4, -0.2) is 30.1 Å². The van der Waals surface area contributed by atoms with Gasteiger partial charge in [-0.15, -0.1) is 0 Å². The summed E-state index contributed by atoms with van der Waals surface area (Å²) in [5.74, 6) is -0.524. The average Bonchev–Trinajstić information content (AvgIpc) is 2.51. The zero-order valence-corrected chi connectivity index (χ0v) is 11.3. The van der Waals surface area contributed by atoms with E-state index in [0.29, 0.717) is 18.0 Å². The SMILES string of the molecule is CCOc1ccc2c(c1)C(C)(C)C(=O)N2CC(=O)O. The highest BCUT2D eigenvalue weighted by Crippen LogP contribution is 2.43. The predicted octanol–water partition coefficient (Wildman–Crippen LogP) is 1.79. The maximum atomic E-state index is 12.3. The minimum atomic E-state index is -1.02. The molecule has 1 amide bonds. The van der Waals surface area contributed by atoms with Crippen LogP contribution in [0.5, 0.6) is 5.75 Å². The number of hydrogen-bond acceptors (Lipinski definition) is 3. The third-order valence-electron chi connectivity index (χ3n) is 3.32. The summed E-state index contributed by atoms with van der Waals surface area (Å²) in [5, 5.41) is 8.91. The third kappa shape index (κ3) is 2.16. The lowest BCUT2D eigenvalue weighted by Crippen LogP contribution is -2.39. The van der Waals surface area contributed by atoms with Crippen LogP contribution >= 0.6 is 0 Å². The Bertz CT molecular complexity index is 536. The molecule has 0 aliphatic carbocycles. The molecule has 1 aromatic rings. The number of aliphatic carboxylic acids is 1. The molecular weight excluding hydrogens is 246 g/mol. The number of benzene rings is 1. The van der Waals surface area contributed by atoms with Gasteiger partial charge >= 0.3 is 5.97 Å². The summed E-state index contributed by atoms with van der Waals surface area (Å²) >= 11 is 0. The van der Waals surface area contributed by atoms with Crippen molar-refractivity contribution in [3.05, 3.63) is 23.8 Å². The van der Waals surface area contributed by atoms with Gasteiger partial charge in [0.15, 0.2) is 0 Å². The first-order chi connectivity index (χ1) is 8.87. The number of nitrogens with zero attached hydrogens (tertiary/aromatic N) is 1. The van der Waals surface area contributed by atoms with E-state index in [1.807, 2.05) is 13.0 Å². The van der Waals surface area contributed by atoms with Crippen LogP contribution in [0.3, 0.4) is 0 Å². The Morgan fingerprint density at radius 1 is 1.42 bits per heavy atom. The molecule has 19 heavy (non-hydrogen) atoms. The zero-order valence-electron chi connectivity index (χ0n) is 11.3. The number of rotatable bonds is 4. The van der Waals surface area contributed by atoms with E-state index in [2.05, 4.69) is 0 Å². The van der Waals surface area contributed by atoms with Crippen molar-refractivity contribution >= 4 is 17.6 Å². The molecule has 5 nitrogen and oxygen atoms in total. The van der Waals surface area contributed by atoms with Gasteiger partial charge in [0.25, 0.3) is 0 Å². The Kier molecular flexibility index (Phi) is 3.22. The van der Waals surface area contributed by atoms with Crippen molar-refractivity contribution in [2.45, 2.75) is 26.2 Å². The minimum absolute atomic E-state index is 0.196. The fraction of sp³-hybridized carbons (Fsp3) is 0.429. The molecule has 1 aliphatic rings. The first kappa shape index (κ1) is 13.4. The minimum Gasteiger partial charge on any atom is -0.494 e. The number of fused-ring (bicyclic) bond motifs is 1. The average molecular weight is 263 g/mol. The molecule has 2 rings (SSSR count). The van der Waals surface area contributed by atoms with Gasteiger partial charge < -0.3 is 14.7 Å². The van der Waals surface area contributed by atoms with Crippen molar-refractivity contribution in [1.29, 1.82) is 0 Å². The molecule has 0 saturated carbocycles. The van der Waals surface area contributed by atoms with Crippen LogP contribution in [-0.2, 0) is 15.0 Å². The summed E-state index contributed by atoms with van der Waals surface area (Å²) in [5.41, 5.74) is 0.739. The van der Waals surface area contributed by atoms with Gasteiger partial charge in [0, 0.05) is 5.69 Å². The number of carbonyl (C=O) groups is 2. The van der Waals surface area contributed by atoms with Gasteiger partial charge in [-0.25, -0.2) is 0 Å². The highest BCUT2D eigenvalue weighted by Gasteiger charge is 2.44. The van der Waals surface area contributed by atoms with Gasteiger partial charge in [-0.1, -0.05) is 0 Å². The maximum Gasteiger partial charge on any atom is 0.323 e. The lowest BCUT2D eigenvalue weighted by Gasteiger charge is -2.18. The summed E-state index contributed by atoms with van der Waals surface area (Å²) in [6.07, 6.45) is 0. The number of ether oxygens (including phenoxy) is 1. The molecule has 0 radical (unpaired) electrons. The second kappa shape index (κ2) is 4.57. The van der Waals surface area contributed by atoms with Gasteiger partial charge in [-0.05, 0) is 44.5 Å². The molecule has 5 heteroatoms. The van der Waals surface area contributed by atoms with Crippen molar-refractivity contribution in [3.8, 4) is 5.75 Å². The smallest absolute Gasteiger partial charge is 0.323 e. The van der Waals surface area contributed by atoms with Crippen LogP contribution in [0, 0.1) is 0 Å². The van der Waals surface area contributed by atoms with E-state index in [1.54, 1.807) is 26.0 Å². The van der Waals surface area contributed by atoms with Gasteiger partial charge in [-0.2, -0.15) is 0 Å². The number of anilines is 1. The Morgan fingerprint density at radius 2 is 2.11 bits per heavy atom. The highest BCUT2D eigenvalue weighted by molar-refractivity contribution is 6.09. The number of carboxylic acid groups (broad SMARTS) is 1. The predicted molar refractivity (Wildman–Crippen MR) is 70.6 cm³/mol. The van der Waals surface area contributed by atoms with Crippen LogP contribution < -0.4 is 9.64 Å². The second-order valence-electron chi connectivity index (χ2n) is 5.02. The standard InChI is InChI=1S/C14H17NO4/c1-4-19-9-5-6-11-10(7-9)14(2,3)13(18)15(11)8-12(16)17/h5-7H,4,8H2,1-3H3,(H,16,17). The molecule has 0 atom stereocenters. The van der Waals surface area contributed by atoms with E-state index in [0.717, 1.165) is 5.56 Å². The number of carbonyl (C=O) groups excluding carboxylic acids is 1. The first-order valence-corrected chi connectivity index (χ1v) is 6.19. The monoisotopic (exact) mass is 263 g/mol. The Hall–Kier alpha value is -2.04. The van der Waals surface area contributed by atoms with Gasteiger partial charge in [0.2, 0.25) is 5.91 Å². The fourth-order valence-corrected chi connectivity index (χ4v) is 2.36. The van der Waals surface area contributed by atoms with Crippen molar-refractivity contribution in [3.63, 3.8) is 0 Å². The molecule has 1 heterocycles. The van der Waals surface area contributed by atoms with E-state index in [9.17, 15) is 9.59 Å². The first-order valence-electron chi connectivity index (χ1n) is 6.19. The molecule has 1 aromatic carbocycles. The van der Waals surface area contributed by atoms with Crippen LogP contribution in [0.4, 0.5) is 5.69 Å². The van der Waals surface area contributed by atoms with Crippen molar-refractivity contribution in [2.75, 3.05) is 18.1 Å². The molecule has 0 unspecified atom stereocenters. The van der Waals surface area contributed by atoms with E-state index in [4.69, 9.17) is 9.84 Å². The van der Waals surface area contributed by atoms with Crippen LogP contribution in [0.15, 0.2) is 18.2 Å². The molecule has 1 aliphatic heterocycles. The molecule has 0 spiro atoms. The summed E-state index contributed by atoms with van der Waals surface area (Å²) < 4.78 is 5.43. The summed E-state index contributed by atoms with van der Waals surface area (Å²) in [4.78, 5) is 24.5. The normalized spacial score (nSPS) is 16.4. The van der Waals surface area contributed by atoms with E-state index in [-0.39, 0.29) is 12.5 Å². The fourth-order valence-electron chi connectivity index (χ4n) is 2.36. The van der Waals surface area contributed by atoms with Gasteiger partial charge in [0.1, 0.15) is 12.3 Å². The Balaban J connectivity index is 2.48. The molecule has 102 valence electrons. The summed E-state index contributed by atoms with van der Waals surface area (Å²) in [6.45, 7) is 5.72. The largest absolute Gasteiger partial charge is 0.494 e. The Morgan fingerprint density at radius 3 is 2.68 bits per heavy atom. The maximum absolute atomic E-state index is 12.3. The van der Waals surface area contributed by atoms with Crippen molar-refractivity contribution in [1.82, 2.24) is 0 Å². The summed E-state index contributed by atoms with van der Waals surface area (Å²) in [7, 11) is 0. The topological polar surface area (TPSA) is 66.8 Å². The number of carboxylic acids is 1. The third-order valence-corrected chi connectivity index (χ3v) is 3.32. The second-order valence-corrected chi connectivity index (χ2v) is 5.02. The molecule has 0 bridgehead atoms. The van der Waals surface area contributed by atoms with E-state index >= 15 is 0 Å². The van der Waals surface area contributed by atoms with Gasteiger partial charge in [0.05, 0.1) is 12.0 Å². The van der Waals surface area contributed by atoms with Gasteiger partial charge in [-0.3, -0.25) is 9.59 Å². The van der Waals surface area contributed by atoms with Crippen LogP contribution in [0.1, 0.15) is 26.3 Å². The summed E-state index contributed by atoms with van der Waals surface area (Å²) in [6, 6.07) is 5.32. The van der Waals surface area contributed by atoms with Crippen LogP contribution in [0.25, 0.3) is 0 Å². The molecular formula is C14H17NO4. The van der Waals surface area contributed by atoms with Crippen LogP contribution in [0.2, 0.25) is 0 Å². The van der Waals surface area contributed by atoms with E-state index < -0.39 is 11.4 Å². The highest BCUT2D eigenvalue weighted by atomic mass is 16.5. The Labute approximate surface area is 111 Å². The number of hydrogen-bond donors (Lipinski definition) is 1. The quantitative estimate of drug-likeness (QED) is 0.899. The lowest BCUT2D eigenvalue weighted by atomic mass is 9.86. The molecule has 1 N–H and O–H groups in total. The van der Waals surface area contributed by atoms with Crippen molar-refractivity contribution < 1.29 is 19.4 Å². The molecule has 0 saturated heterocycles.